The minimum Gasteiger partial charge on any atom is -0.449 e. The molecule has 0 N–H and O–H groups in total. The molecule has 1 aliphatic rings. The van der Waals surface area contributed by atoms with Crippen molar-refractivity contribution in [3.63, 3.8) is 0 Å². The Labute approximate surface area is 196 Å². The molecule has 1 fully saturated rings. The second kappa shape index (κ2) is 11.0. The molecule has 1 saturated heterocycles. The van der Waals surface area contributed by atoms with E-state index in [4.69, 9.17) is 4.74 Å². The second-order valence-corrected chi connectivity index (χ2v) is 8.81. The number of para-hydroxylation sites is 1. The molecule has 176 valence electrons. The van der Waals surface area contributed by atoms with Crippen LogP contribution in [0.3, 0.4) is 0 Å². The molecule has 0 saturated carbocycles. The summed E-state index contributed by atoms with van der Waals surface area (Å²) in [6.45, 7) is 7.29. The minimum absolute atomic E-state index is 0.121. The lowest BCUT2D eigenvalue weighted by Crippen LogP contribution is -2.50. The topological polar surface area (TPSA) is 83.1 Å². The van der Waals surface area contributed by atoms with Crippen LogP contribution in [0.25, 0.3) is 6.08 Å². The zero-order valence-corrected chi connectivity index (χ0v) is 19.7. The van der Waals surface area contributed by atoms with Gasteiger partial charge in [0.15, 0.2) is 5.13 Å². The summed E-state index contributed by atoms with van der Waals surface area (Å²) in [7, 11) is 0. The van der Waals surface area contributed by atoms with Crippen LogP contribution in [0.4, 0.5) is 20.0 Å². The number of amides is 3. The number of rotatable bonds is 6. The summed E-state index contributed by atoms with van der Waals surface area (Å²) in [6.07, 6.45) is 2.61. The van der Waals surface area contributed by atoms with Crippen molar-refractivity contribution in [3.05, 3.63) is 47.2 Å². The molecule has 33 heavy (non-hydrogen) atoms. The summed E-state index contributed by atoms with van der Waals surface area (Å²) < 4.78 is 19.4. The van der Waals surface area contributed by atoms with E-state index in [0.29, 0.717) is 43.6 Å². The number of aromatic nitrogens is 1. The van der Waals surface area contributed by atoms with Gasteiger partial charge in [0.1, 0.15) is 5.82 Å². The van der Waals surface area contributed by atoms with Gasteiger partial charge in [-0.25, -0.2) is 14.2 Å². The Morgan fingerprint density at radius 3 is 2.48 bits per heavy atom. The van der Waals surface area contributed by atoms with Crippen molar-refractivity contribution in [3.8, 4) is 0 Å². The van der Waals surface area contributed by atoms with E-state index in [2.05, 4.69) is 4.98 Å². The molecule has 1 aromatic heterocycles. The molecule has 0 radical (unpaired) electrons. The molecule has 3 rings (SSSR count). The molecule has 2 aromatic rings. The molecule has 10 heteroatoms. The van der Waals surface area contributed by atoms with Crippen molar-refractivity contribution >= 4 is 46.1 Å². The predicted octanol–water partition coefficient (Wildman–Crippen LogP) is 3.92. The van der Waals surface area contributed by atoms with Crippen LogP contribution in [-0.2, 0) is 14.3 Å². The monoisotopic (exact) mass is 474 g/mol. The van der Waals surface area contributed by atoms with Gasteiger partial charge in [-0.05, 0) is 24.1 Å². The van der Waals surface area contributed by atoms with Gasteiger partial charge in [-0.2, -0.15) is 0 Å². The van der Waals surface area contributed by atoms with Crippen molar-refractivity contribution < 1.29 is 23.5 Å². The van der Waals surface area contributed by atoms with Crippen LogP contribution in [0.2, 0.25) is 0 Å². The highest BCUT2D eigenvalue weighted by atomic mass is 32.1. The number of thiazole rings is 1. The van der Waals surface area contributed by atoms with E-state index in [-0.39, 0.29) is 29.5 Å². The number of ether oxygens (including phenoxy) is 1. The first-order valence-electron chi connectivity index (χ1n) is 10.7. The third kappa shape index (κ3) is 6.38. The number of piperazine rings is 1. The Kier molecular flexibility index (Phi) is 8.16. The minimum atomic E-state index is -0.526. The van der Waals surface area contributed by atoms with Crippen LogP contribution in [0.15, 0.2) is 35.7 Å². The maximum Gasteiger partial charge on any atom is 0.409 e. The van der Waals surface area contributed by atoms with E-state index in [0.717, 1.165) is 0 Å². The molecule has 3 amide bonds. The lowest BCUT2D eigenvalue weighted by Gasteiger charge is -2.33. The standard InChI is InChI=1S/C23H27FN4O4S/c1-16(2)14-32-23(31)27-12-10-26(11-13-27)21(30)9-8-18-15-33-22(25-18)28(17(3)29)20-7-5-4-6-19(20)24/h4-9,15-16H,10-14H2,1-3H3/b9-8+. The molecule has 8 nitrogen and oxygen atoms in total. The number of nitrogens with zero attached hydrogens (tertiary/aromatic N) is 4. The van der Waals surface area contributed by atoms with Gasteiger partial charge in [-0.15, -0.1) is 11.3 Å². The van der Waals surface area contributed by atoms with Gasteiger partial charge in [-0.1, -0.05) is 26.0 Å². The summed E-state index contributed by atoms with van der Waals surface area (Å²) in [5, 5.41) is 2.01. The third-order valence-electron chi connectivity index (χ3n) is 4.90. The van der Waals surface area contributed by atoms with Crippen LogP contribution in [0, 0.1) is 11.7 Å². The first-order chi connectivity index (χ1) is 15.8. The number of anilines is 2. The zero-order chi connectivity index (χ0) is 24.0. The molecule has 0 spiro atoms. The van der Waals surface area contributed by atoms with Gasteiger partial charge < -0.3 is 14.5 Å². The summed E-state index contributed by atoms with van der Waals surface area (Å²) in [6, 6.07) is 5.98. The van der Waals surface area contributed by atoms with Crippen molar-refractivity contribution in [2.75, 3.05) is 37.7 Å². The molecule has 1 aliphatic heterocycles. The fraction of sp³-hybridized carbons (Fsp3) is 0.391. The van der Waals surface area contributed by atoms with E-state index in [1.807, 2.05) is 13.8 Å². The van der Waals surface area contributed by atoms with Gasteiger partial charge in [0, 0.05) is 44.6 Å². The van der Waals surface area contributed by atoms with Gasteiger partial charge in [0.2, 0.25) is 11.8 Å². The van der Waals surface area contributed by atoms with Gasteiger partial charge in [-0.3, -0.25) is 14.5 Å². The SMILES string of the molecule is CC(=O)N(c1nc(/C=C/C(=O)N2CCN(C(=O)OCC(C)C)CC2)cs1)c1ccccc1F. The van der Waals surface area contributed by atoms with Crippen LogP contribution in [0.5, 0.6) is 0 Å². The highest BCUT2D eigenvalue weighted by Crippen LogP contribution is 2.31. The normalized spacial score (nSPS) is 14.1. The van der Waals surface area contributed by atoms with Crippen LogP contribution in [0.1, 0.15) is 26.5 Å². The van der Waals surface area contributed by atoms with Crippen molar-refractivity contribution in [2.24, 2.45) is 5.92 Å². The number of halogens is 1. The summed E-state index contributed by atoms with van der Waals surface area (Å²) in [4.78, 5) is 45.5. The van der Waals surface area contributed by atoms with E-state index < -0.39 is 5.82 Å². The Balaban J connectivity index is 1.59. The first kappa shape index (κ1) is 24.4. The van der Waals surface area contributed by atoms with Crippen LogP contribution in [-0.4, -0.2) is 65.5 Å². The Bertz CT molecular complexity index is 1030. The fourth-order valence-corrected chi connectivity index (χ4v) is 4.04. The van der Waals surface area contributed by atoms with Gasteiger partial charge in [0.25, 0.3) is 0 Å². The predicted molar refractivity (Wildman–Crippen MR) is 125 cm³/mol. The summed E-state index contributed by atoms with van der Waals surface area (Å²) in [5.74, 6) is -0.826. The molecular weight excluding hydrogens is 447 g/mol. The zero-order valence-electron chi connectivity index (χ0n) is 18.9. The maximum atomic E-state index is 14.2. The number of hydrogen-bond donors (Lipinski definition) is 0. The Hall–Kier alpha value is -3.27. The third-order valence-corrected chi connectivity index (χ3v) is 5.74. The largest absolute Gasteiger partial charge is 0.449 e. The molecule has 0 bridgehead atoms. The first-order valence-corrected chi connectivity index (χ1v) is 11.5. The molecular formula is C23H27FN4O4S. The Morgan fingerprint density at radius 1 is 1.18 bits per heavy atom. The average molecular weight is 475 g/mol. The number of hydrogen-bond acceptors (Lipinski definition) is 6. The lowest BCUT2D eigenvalue weighted by atomic mass is 10.2. The highest BCUT2D eigenvalue weighted by Gasteiger charge is 2.24. The van der Waals surface area contributed by atoms with Crippen molar-refractivity contribution in [1.29, 1.82) is 0 Å². The quantitative estimate of drug-likeness (QED) is 0.593. The average Bonchev–Trinajstić information content (AvgIpc) is 3.25. The second-order valence-electron chi connectivity index (χ2n) is 7.98. The number of carbonyl (C=O) groups is 3. The fourth-order valence-electron chi connectivity index (χ4n) is 3.20. The van der Waals surface area contributed by atoms with E-state index in [1.165, 1.54) is 41.4 Å². The molecule has 1 aromatic carbocycles. The van der Waals surface area contributed by atoms with Crippen LogP contribution >= 0.6 is 11.3 Å². The van der Waals surface area contributed by atoms with Crippen LogP contribution < -0.4 is 4.90 Å². The number of benzene rings is 1. The van der Waals surface area contributed by atoms with E-state index in [1.54, 1.807) is 33.4 Å². The molecule has 2 heterocycles. The van der Waals surface area contributed by atoms with E-state index in [9.17, 15) is 18.8 Å². The summed E-state index contributed by atoms with van der Waals surface area (Å²) in [5.41, 5.74) is 0.609. The maximum absolute atomic E-state index is 14.2. The number of carbonyl (C=O) groups excluding carboxylic acids is 3. The van der Waals surface area contributed by atoms with E-state index >= 15 is 0 Å². The Morgan fingerprint density at radius 2 is 1.85 bits per heavy atom. The summed E-state index contributed by atoms with van der Waals surface area (Å²) >= 11 is 1.18. The highest BCUT2D eigenvalue weighted by molar-refractivity contribution is 7.14. The van der Waals surface area contributed by atoms with Gasteiger partial charge in [0.05, 0.1) is 18.0 Å². The lowest BCUT2D eigenvalue weighted by molar-refractivity contribution is -0.127. The molecule has 0 atom stereocenters. The van der Waals surface area contributed by atoms with Crippen molar-refractivity contribution in [1.82, 2.24) is 14.8 Å². The van der Waals surface area contributed by atoms with Gasteiger partial charge >= 0.3 is 6.09 Å². The van der Waals surface area contributed by atoms with Crippen molar-refractivity contribution in [2.45, 2.75) is 20.8 Å². The molecule has 0 aliphatic carbocycles. The smallest absolute Gasteiger partial charge is 0.409 e. The molecule has 0 unspecified atom stereocenters.